The molecule has 0 unspecified atom stereocenters. The number of aromatic nitrogens is 1. The smallest absolute Gasteiger partial charge is 0.107 e. The third kappa shape index (κ3) is 3.38. The van der Waals surface area contributed by atoms with Gasteiger partial charge < -0.3 is 5.73 Å². The molecule has 1 aliphatic rings. The highest BCUT2D eigenvalue weighted by Gasteiger charge is 2.33. The van der Waals surface area contributed by atoms with Crippen molar-refractivity contribution in [2.24, 2.45) is 11.1 Å². The van der Waals surface area contributed by atoms with Crippen molar-refractivity contribution in [3.8, 4) is 0 Å². The minimum absolute atomic E-state index is 0.101. The van der Waals surface area contributed by atoms with Crippen LogP contribution in [0.4, 0.5) is 0 Å². The molecule has 0 bridgehead atoms. The van der Waals surface area contributed by atoms with Gasteiger partial charge in [-0.25, -0.2) is 4.98 Å². The summed E-state index contributed by atoms with van der Waals surface area (Å²) in [6, 6.07) is 0. The van der Waals surface area contributed by atoms with E-state index in [1.165, 1.54) is 10.7 Å². The van der Waals surface area contributed by atoms with Crippen LogP contribution in [0.1, 0.15) is 51.2 Å². The lowest BCUT2D eigenvalue weighted by atomic mass is 9.79. The van der Waals surface area contributed by atoms with Gasteiger partial charge in [0.1, 0.15) is 5.01 Å². The average molecular weight is 294 g/mol. The Morgan fingerprint density at radius 1 is 1.45 bits per heavy atom. The van der Waals surface area contributed by atoms with Crippen molar-refractivity contribution in [2.75, 3.05) is 13.1 Å². The normalized spacial score (nSPS) is 20.0. The highest BCUT2D eigenvalue weighted by atomic mass is 32.1. The van der Waals surface area contributed by atoms with Crippen LogP contribution in [0.2, 0.25) is 0 Å². The summed E-state index contributed by atoms with van der Waals surface area (Å²) in [5, 5.41) is 11.1. The molecule has 1 aromatic heterocycles. The maximum absolute atomic E-state index is 7.69. The van der Waals surface area contributed by atoms with Crippen LogP contribution in [-0.4, -0.2) is 28.8 Å². The Bertz CT molecular complexity index is 478. The molecule has 1 saturated heterocycles. The molecule has 0 amide bonds. The summed E-state index contributed by atoms with van der Waals surface area (Å²) in [7, 11) is 0. The number of nitrogens with zero attached hydrogens (tertiary/aromatic N) is 2. The van der Waals surface area contributed by atoms with Crippen LogP contribution in [0, 0.1) is 10.8 Å². The molecule has 0 aliphatic carbocycles. The molecule has 0 saturated carbocycles. The molecule has 0 atom stereocenters. The number of piperidine rings is 1. The van der Waals surface area contributed by atoms with Crippen LogP contribution >= 0.6 is 11.3 Å². The molecule has 4 nitrogen and oxygen atoms in total. The number of likely N-dealkylation sites (tertiary alicyclic amines) is 1. The Labute approximate surface area is 125 Å². The second kappa shape index (κ2) is 5.45. The first-order valence-electron chi connectivity index (χ1n) is 7.22. The van der Waals surface area contributed by atoms with E-state index in [2.05, 4.69) is 38.0 Å². The quantitative estimate of drug-likeness (QED) is 0.665. The monoisotopic (exact) mass is 294 g/mol. The van der Waals surface area contributed by atoms with Crippen molar-refractivity contribution in [3.05, 3.63) is 16.1 Å². The van der Waals surface area contributed by atoms with Crippen LogP contribution in [0.3, 0.4) is 0 Å². The minimum Gasteiger partial charge on any atom is -0.387 e. The van der Waals surface area contributed by atoms with Crippen LogP contribution in [0.5, 0.6) is 0 Å². The molecule has 20 heavy (non-hydrogen) atoms. The third-order valence-electron chi connectivity index (χ3n) is 4.29. The lowest BCUT2D eigenvalue weighted by molar-refractivity contribution is 0.155. The highest BCUT2D eigenvalue weighted by Crippen LogP contribution is 2.31. The molecule has 2 heterocycles. The molecule has 5 heteroatoms. The first kappa shape index (κ1) is 15.4. The van der Waals surface area contributed by atoms with Gasteiger partial charge in [0.2, 0.25) is 0 Å². The highest BCUT2D eigenvalue weighted by molar-refractivity contribution is 7.09. The minimum atomic E-state index is -0.101. The number of hydrogen-bond acceptors (Lipinski definition) is 4. The zero-order valence-corrected chi connectivity index (χ0v) is 13.8. The van der Waals surface area contributed by atoms with Crippen LogP contribution < -0.4 is 5.73 Å². The van der Waals surface area contributed by atoms with Gasteiger partial charge in [0.15, 0.2) is 0 Å². The zero-order chi connectivity index (χ0) is 15.0. The number of nitrogens with one attached hydrogen (secondary N) is 1. The summed E-state index contributed by atoms with van der Waals surface area (Å²) in [5.41, 5.74) is 6.92. The molecule has 0 aromatic carbocycles. The summed E-state index contributed by atoms with van der Waals surface area (Å²) < 4.78 is 0. The Morgan fingerprint density at radius 2 is 2.05 bits per heavy atom. The van der Waals surface area contributed by atoms with E-state index >= 15 is 0 Å². The van der Waals surface area contributed by atoms with Crippen LogP contribution in [-0.2, 0) is 12.0 Å². The second-order valence-electron chi connectivity index (χ2n) is 7.13. The standard InChI is InChI=1S/C15H26N4S/c1-14(2,3)11-10-20-12(18-11)9-19-7-5-15(4,6-8-19)13(16)17/h10H,5-9H2,1-4H3,(H3,16,17). The lowest BCUT2D eigenvalue weighted by Crippen LogP contribution is -2.44. The molecule has 3 N–H and O–H groups in total. The van der Waals surface area contributed by atoms with Gasteiger partial charge in [-0.3, -0.25) is 10.3 Å². The predicted octanol–water partition coefficient (Wildman–Crippen LogP) is 2.98. The second-order valence-corrected chi connectivity index (χ2v) is 8.07. The summed E-state index contributed by atoms with van der Waals surface area (Å²) in [4.78, 5) is 7.18. The van der Waals surface area contributed by atoms with Crippen molar-refractivity contribution < 1.29 is 0 Å². The van der Waals surface area contributed by atoms with Gasteiger partial charge in [-0.05, 0) is 25.9 Å². The largest absolute Gasteiger partial charge is 0.387 e. The van der Waals surface area contributed by atoms with E-state index in [0.717, 1.165) is 32.5 Å². The Kier molecular flexibility index (Phi) is 4.21. The molecule has 1 aliphatic heterocycles. The Morgan fingerprint density at radius 3 is 2.50 bits per heavy atom. The van der Waals surface area contributed by atoms with Gasteiger partial charge in [-0.2, -0.15) is 0 Å². The number of thiazole rings is 1. The molecular formula is C15H26N4S. The molecule has 1 fully saturated rings. The van der Waals surface area contributed by atoms with Crippen LogP contribution in [0.25, 0.3) is 0 Å². The van der Waals surface area contributed by atoms with Crippen molar-refractivity contribution in [1.82, 2.24) is 9.88 Å². The molecule has 0 spiro atoms. The van der Waals surface area contributed by atoms with E-state index in [4.69, 9.17) is 16.1 Å². The Hall–Kier alpha value is -0.940. The van der Waals surface area contributed by atoms with E-state index in [1.807, 2.05) is 0 Å². The van der Waals surface area contributed by atoms with Crippen molar-refractivity contribution in [3.63, 3.8) is 0 Å². The molecular weight excluding hydrogens is 268 g/mol. The van der Waals surface area contributed by atoms with E-state index in [-0.39, 0.29) is 10.8 Å². The molecule has 0 radical (unpaired) electrons. The fourth-order valence-corrected chi connectivity index (χ4v) is 3.46. The fourth-order valence-electron chi connectivity index (χ4n) is 2.39. The first-order chi connectivity index (χ1) is 9.21. The zero-order valence-electron chi connectivity index (χ0n) is 13.0. The summed E-state index contributed by atoms with van der Waals surface area (Å²) >= 11 is 1.76. The fraction of sp³-hybridized carbons (Fsp3) is 0.733. The van der Waals surface area contributed by atoms with Gasteiger partial charge in [-0.15, -0.1) is 11.3 Å². The summed E-state index contributed by atoms with van der Waals surface area (Å²) in [5.74, 6) is 0.335. The van der Waals surface area contributed by atoms with E-state index in [1.54, 1.807) is 11.3 Å². The van der Waals surface area contributed by atoms with Gasteiger partial charge in [0, 0.05) is 16.2 Å². The van der Waals surface area contributed by atoms with E-state index in [9.17, 15) is 0 Å². The third-order valence-corrected chi connectivity index (χ3v) is 5.12. The molecule has 1 aromatic rings. The predicted molar refractivity (Wildman–Crippen MR) is 85.3 cm³/mol. The van der Waals surface area contributed by atoms with Crippen molar-refractivity contribution in [1.29, 1.82) is 5.41 Å². The van der Waals surface area contributed by atoms with Gasteiger partial charge in [0.05, 0.1) is 18.1 Å². The van der Waals surface area contributed by atoms with E-state index in [0.29, 0.717) is 5.84 Å². The summed E-state index contributed by atoms with van der Waals surface area (Å²) in [6.45, 7) is 11.6. The van der Waals surface area contributed by atoms with Gasteiger partial charge >= 0.3 is 0 Å². The van der Waals surface area contributed by atoms with E-state index < -0.39 is 0 Å². The SMILES string of the molecule is CC1(C(=N)N)CCN(Cc2nc(C(C)(C)C)cs2)CC1. The van der Waals surface area contributed by atoms with Crippen molar-refractivity contribution in [2.45, 2.75) is 52.5 Å². The first-order valence-corrected chi connectivity index (χ1v) is 8.10. The molecule has 112 valence electrons. The summed E-state index contributed by atoms with van der Waals surface area (Å²) in [6.07, 6.45) is 1.94. The number of rotatable bonds is 3. The average Bonchev–Trinajstić information content (AvgIpc) is 2.80. The van der Waals surface area contributed by atoms with Crippen LogP contribution in [0.15, 0.2) is 5.38 Å². The molecule has 2 rings (SSSR count). The maximum atomic E-state index is 7.69. The topological polar surface area (TPSA) is 66.0 Å². The van der Waals surface area contributed by atoms with Gasteiger partial charge in [0.25, 0.3) is 0 Å². The number of hydrogen-bond donors (Lipinski definition) is 2. The van der Waals surface area contributed by atoms with Gasteiger partial charge in [-0.1, -0.05) is 27.7 Å². The number of nitrogens with two attached hydrogens (primary N) is 1. The number of amidine groups is 1. The maximum Gasteiger partial charge on any atom is 0.107 e. The van der Waals surface area contributed by atoms with Crippen molar-refractivity contribution >= 4 is 17.2 Å². The lowest BCUT2D eigenvalue weighted by Gasteiger charge is -2.38. The Balaban J connectivity index is 1.93.